The molecule has 3 aromatic rings. The molecule has 0 saturated heterocycles. The molecule has 0 atom stereocenters. The molecular formula is C22H19NO5. The van der Waals surface area contributed by atoms with Gasteiger partial charge in [-0.15, -0.1) is 0 Å². The smallest absolute Gasteiger partial charge is 0.339 e. The van der Waals surface area contributed by atoms with Crippen LogP contribution in [0.4, 0.5) is 0 Å². The van der Waals surface area contributed by atoms with E-state index in [1.807, 2.05) is 13.0 Å². The number of nitrogens with zero attached hydrogens (tertiary/aromatic N) is 1. The van der Waals surface area contributed by atoms with E-state index < -0.39 is 11.6 Å². The number of hydrogen-bond donors (Lipinski definition) is 0. The van der Waals surface area contributed by atoms with Crippen molar-refractivity contribution in [2.24, 2.45) is 0 Å². The summed E-state index contributed by atoms with van der Waals surface area (Å²) in [6, 6.07) is 14.3. The molecule has 0 amide bonds. The number of ether oxygens (including phenoxy) is 2. The van der Waals surface area contributed by atoms with Crippen LogP contribution in [0.25, 0.3) is 11.0 Å². The van der Waals surface area contributed by atoms with Crippen LogP contribution in [0.15, 0.2) is 51.7 Å². The van der Waals surface area contributed by atoms with Crippen molar-refractivity contribution in [2.75, 3.05) is 7.11 Å². The molecule has 0 aliphatic heterocycles. The molecule has 3 rings (SSSR count). The van der Waals surface area contributed by atoms with Gasteiger partial charge in [0.05, 0.1) is 18.7 Å². The van der Waals surface area contributed by atoms with Crippen molar-refractivity contribution in [2.45, 2.75) is 26.4 Å². The predicted molar refractivity (Wildman–Crippen MR) is 103 cm³/mol. The lowest BCUT2D eigenvalue weighted by atomic mass is 10.0. The summed E-state index contributed by atoms with van der Waals surface area (Å²) < 4.78 is 15.8. The van der Waals surface area contributed by atoms with Gasteiger partial charge >= 0.3 is 11.6 Å². The molecule has 0 radical (unpaired) electrons. The van der Waals surface area contributed by atoms with Crippen molar-refractivity contribution in [3.63, 3.8) is 0 Å². The fraction of sp³-hybridized carbons (Fsp3) is 0.227. The Balaban J connectivity index is 1.70. The van der Waals surface area contributed by atoms with Gasteiger partial charge in [0.2, 0.25) is 0 Å². The van der Waals surface area contributed by atoms with Crippen molar-refractivity contribution >= 4 is 16.9 Å². The number of rotatable bonds is 6. The molecule has 0 aliphatic rings. The highest BCUT2D eigenvalue weighted by Gasteiger charge is 2.14. The minimum absolute atomic E-state index is 0.0215. The molecule has 0 unspecified atom stereocenters. The summed E-state index contributed by atoms with van der Waals surface area (Å²) in [6.07, 6.45) is 0.261. The Morgan fingerprint density at radius 2 is 2.00 bits per heavy atom. The molecule has 28 heavy (non-hydrogen) atoms. The molecule has 0 spiro atoms. The number of nitriles is 1. The van der Waals surface area contributed by atoms with E-state index in [1.165, 1.54) is 0 Å². The maximum absolute atomic E-state index is 12.3. The molecule has 1 aromatic heterocycles. The number of benzene rings is 2. The average molecular weight is 377 g/mol. The van der Waals surface area contributed by atoms with Crippen LogP contribution in [0.3, 0.4) is 0 Å². The van der Waals surface area contributed by atoms with E-state index in [4.69, 9.17) is 19.2 Å². The van der Waals surface area contributed by atoms with E-state index in [1.54, 1.807) is 43.5 Å². The molecular weight excluding hydrogens is 358 g/mol. The highest BCUT2D eigenvalue weighted by Crippen LogP contribution is 2.24. The topological polar surface area (TPSA) is 89.5 Å². The summed E-state index contributed by atoms with van der Waals surface area (Å²) in [6.45, 7) is 1.85. The summed E-state index contributed by atoms with van der Waals surface area (Å²) in [5.74, 6) is 0.158. The zero-order valence-corrected chi connectivity index (χ0v) is 15.7. The quantitative estimate of drug-likeness (QED) is 0.481. The van der Waals surface area contributed by atoms with E-state index in [2.05, 4.69) is 6.07 Å². The zero-order valence-electron chi connectivity index (χ0n) is 15.7. The van der Waals surface area contributed by atoms with E-state index in [0.717, 1.165) is 10.9 Å². The Morgan fingerprint density at radius 3 is 2.75 bits per heavy atom. The SMILES string of the molecule is COc1ccc2c(C)c(CCC(=O)OCc3ccccc3C#N)c(=O)oc2c1. The second-order valence-corrected chi connectivity index (χ2v) is 6.28. The van der Waals surface area contributed by atoms with Gasteiger partial charge in [-0.2, -0.15) is 5.26 Å². The number of esters is 1. The van der Waals surface area contributed by atoms with Gasteiger partial charge in [-0.3, -0.25) is 4.79 Å². The van der Waals surface area contributed by atoms with Crippen LogP contribution < -0.4 is 10.4 Å². The number of carbonyl (C=O) groups excluding carboxylic acids is 1. The minimum atomic E-state index is -0.471. The number of aryl methyl sites for hydroxylation is 1. The van der Waals surface area contributed by atoms with Crippen molar-refractivity contribution in [1.29, 1.82) is 5.26 Å². The molecule has 0 N–H and O–H groups in total. The number of hydrogen-bond acceptors (Lipinski definition) is 6. The first-order valence-electron chi connectivity index (χ1n) is 8.77. The molecule has 2 aromatic carbocycles. The van der Waals surface area contributed by atoms with Gasteiger partial charge in [-0.05, 0) is 37.1 Å². The van der Waals surface area contributed by atoms with E-state index in [9.17, 15) is 9.59 Å². The Kier molecular flexibility index (Phi) is 5.75. The van der Waals surface area contributed by atoms with Gasteiger partial charge in [-0.1, -0.05) is 18.2 Å². The molecule has 6 heteroatoms. The summed E-state index contributed by atoms with van der Waals surface area (Å²) >= 11 is 0. The van der Waals surface area contributed by atoms with Crippen molar-refractivity contribution in [1.82, 2.24) is 0 Å². The summed E-state index contributed by atoms with van der Waals surface area (Å²) in [4.78, 5) is 24.4. The van der Waals surface area contributed by atoms with Crippen LogP contribution in [-0.2, 0) is 22.6 Å². The van der Waals surface area contributed by atoms with E-state index in [-0.39, 0.29) is 19.4 Å². The van der Waals surface area contributed by atoms with Gasteiger partial charge < -0.3 is 13.9 Å². The highest BCUT2D eigenvalue weighted by molar-refractivity contribution is 5.82. The lowest BCUT2D eigenvalue weighted by Gasteiger charge is -2.09. The third-order valence-corrected chi connectivity index (χ3v) is 4.60. The number of methoxy groups -OCH3 is 1. The number of fused-ring (bicyclic) bond motifs is 1. The van der Waals surface area contributed by atoms with E-state index in [0.29, 0.717) is 28.0 Å². The fourth-order valence-electron chi connectivity index (χ4n) is 3.00. The monoisotopic (exact) mass is 377 g/mol. The third-order valence-electron chi connectivity index (χ3n) is 4.60. The average Bonchev–Trinajstić information content (AvgIpc) is 2.71. The number of carbonyl (C=O) groups is 1. The molecule has 0 saturated carbocycles. The van der Waals surface area contributed by atoms with Crippen LogP contribution in [0.1, 0.15) is 28.7 Å². The van der Waals surface area contributed by atoms with Gasteiger partial charge in [0.1, 0.15) is 17.9 Å². The Labute approximate surface area is 161 Å². The molecule has 0 bridgehead atoms. The van der Waals surface area contributed by atoms with Crippen LogP contribution in [0.2, 0.25) is 0 Å². The molecule has 0 fully saturated rings. The van der Waals surface area contributed by atoms with Crippen LogP contribution >= 0.6 is 0 Å². The van der Waals surface area contributed by atoms with Gasteiger partial charge in [0, 0.05) is 29.0 Å². The summed E-state index contributed by atoms with van der Waals surface area (Å²) in [7, 11) is 1.54. The van der Waals surface area contributed by atoms with E-state index >= 15 is 0 Å². The van der Waals surface area contributed by atoms with Crippen molar-refractivity contribution in [3.8, 4) is 11.8 Å². The molecule has 6 nitrogen and oxygen atoms in total. The largest absolute Gasteiger partial charge is 0.497 e. The second-order valence-electron chi connectivity index (χ2n) is 6.28. The lowest BCUT2D eigenvalue weighted by Crippen LogP contribution is -2.14. The summed E-state index contributed by atoms with van der Waals surface area (Å²) in [5, 5.41) is 9.87. The second kappa shape index (κ2) is 8.40. The highest BCUT2D eigenvalue weighted by atomic mass is 16.5. The van der Waals surface area contributed by atoms with Gasteiger partial charge in [0.15, 0.2) is 0 Å². The first-order valence-corrected chi connectivity index (χ1v) is 8.77. The Morgan fingerprint density at radius 1 is 1.21 bits per heavy atom. The zero-order chi connectivity index (χ0) is 20.1. The van der Waals surface area contributed by atoms with Crippen LogP contribution in [0.5, 0.6) is 5.75 Å². The van der Waals surface area contributed by atoms with Crippen LogP contribution in [0, 0.1) is 18.3 Å². The minimum Gasteiger partial charge on any atom is -0.497 e. The van der Waals surface area contributed by atoms with Gasteiger partial charge in [0.25, 0.3) is 0 Å². The third kappa shape index (κ3) is 4.04. The molecule has 1 heterocycles. The van der Waals surface area contributed by atoms with Gasteiger partial charge in [-0.25, -0.2) is 4.79 Å². The molecule has 0 aliphatic carbocycles. The predicted octanol–water partition coefficient (Wildman–Crippen LogP) is 3.66. The van der Waals surface area contributed by atoms with Crippen molar-refractivity contribution in [3.05, 3.63) is 75.1 Å². The maximum atomic E-state index is 12.3. The normalized spacial score (nSPS) is 10.5. The Hall–Kier alpha value is -3.59. The fourth-order valence-corrected chi connectivity index (χ4v) is 3.00. The summed E-state index contributed by atoms with van der Waals surface area (Å²) in [5.41, 5.74) is 2.32. The molecule has 142 valence electrons. The first-order chi connectivity index (χ1) is 13.5. The standard InChI is InChI=1S/C22H19NO5/c1-14-18-8-7-17(26-2)11-20(18)28-22(25)19(14)9-10-21(24)27-13-16-6-4-3-5-15(16)12-23/h3-8,11H,9-10,13H2,1-2H3. The first kappa shape index (κ1) is 19.2. The Bertz CT molecular complexity index is 1120. The van der Waals surface area contributed by atoms with Crippen LogP contribution in [-0.4, -0.2) is 13.1 Å². The maximum Gasteiger partial charge on any atom is 0.339 e. The van der Waals surface area contributed by atoms with Crippen molar-refractivity contribution < 1.29 is 18.7 Å². The lowest BCUT2D eigenvalue weighted by molar-refractivity contribution is -0.144.